The Bertz CT molecular complexity index is 487. The lowest BCUT2D eigenvalue weighted by atomic mass is 9.79. The Kier molecular flexibility index (Phi) is 4.19. The molecule has 3 nitrogen and oxygen atoms in total. The first-order valence-electron chi connectivity index (χ1n) is 6.60. The molecule has 0 aliphatic carbocycles. The van der Waals surface area contributed by atoms with Gasteiger partial charge in [0.05, 0.1) is 7.11 Å². The van der Waals surface area contributed by atoms with Gasteiger partial charge in [-0.1, -0.05) is 29.8 Å². The highest BCUT2D eigenvalue weighted by Gasteiger charge is 2.40. The van der Waals surface area contributed by atoms with Gasteiger partial charge in [0.15, 0.2) is 0 Å². The molecule has 2 rings (SSSR count). The van der Waals surface area contributed by atoms with Crippen LogP contribution < -0.4 is 10.1 Å². The standard InChI is InChI=1S/C15H20BrNO2/c1-10(2)15(7-6-14(18)17-15)9-11-8-12(16)4-5-13(11)19-3/h4-5,8,10H,6-7,9H2,1-3H3,(H,17,18). The Hall–Kier alpha value is -1.03. The van der Waals surface area contributed by atoms with E-state index < -0.39 is 0 Å². The molecule has 1 aliphatic rings. The summed E-state index contributed by atoms with van der Waals surface area (Å²) in [5, 5.41) is 3.18. The second-order valence-corrected chi connectivity index (χ2v) is 6.41. The Labute approximate surface area is 122 Å². The zero-order chi connectivity index (χ0) is 14.0. The molecule has 4 heteroatoms. The van der Waals surface area contributed by atoms with Gasteiger partial charge in [-0.3, -0.25) is 4.79 Å². The largest absolute Gasteiger partial charge is 0.496 e. The highest BCUT2D eigenvalue weighted by molar-refractivity contribution is 9.10. The van der Waals surface area contributed by atoms with Crippen molar-refractivity contribution in [2.24, 2.45) is 5.92 Å². The molecule has 19 heavy (non-hydrogen) atoms. The van der Waals surface area contributed by atoms with Crippen molar-refractivity contribution < 1.29 is 9.53 Å². The van der Waals surface area contributed by atoms with E-state index in [2.05, 4.69) is 41.2 Å². The minimum absolute atomic E-state index is 0.148. The molecule has 1 amide bonds. The second-order valence-electron chi connectivity index (χ2n) is 5.49. The van der Waals surface area contributed by atoms with Gasteiger partial charge in [-0.2, -0.15) is 0 Å². The lowest BCUT2D eigenvalue weighted by molar-refractivity contribution is -0.120. The molecule has 104 valence electrons. The van der Waals surface area contributed by atoms with Crippen molar-refractivity contribution in [1.29, 1.82) is 0 Å². The van der Waals surface area contributed by atoms with Crippen LogP contribution >= 0.6 is 15.9 Å². The third kappa shape index (κ3) is 2.94. The molecule has 1 saturated heterocycles. The lowest BCUT2D eigenvalue weighted by Crippen LogP contribution is -2.48. The van der Waals surface area contributed by atoms with Gasteiger partial charge in [-0.05, 0) is 42.5 Å². The van der Waals surface area contributed by atoms with E-state index in [9.17, 15) is 4.79 Å². The van der Waals surface area contributed by atoms with Crippen molar-refractivity contribution in [3.63, 3.8) is 0 Å². The van der Waals surface area contributed by atoms with E-state index in [0.717, 1.165) is 28.6 Å². The van der Waals surface area contributed by atoms with Crippen molar-refractivity contribution in [3.8, 4) is 5.75 Å². The van der Waals surface area contributed by atoms with Crippen molar-refractivity contribution in [1.82, 2.24) is 5.32 Å². The quantitative estimate of drug-likeness (QED) is 0.922. The molecule has 1 aromatic carbocycles. The predicted octanol–water partition coefficient (Wildman–Crippen LogP) is 3.31. The maximum atomic E-state index is 11.6. The minimum atomic E-state index is -0.148. The number of halogens is 1. The fourth-order valence-corrected chi connectivity index (χ4v) is 3.14. The van der Waals surface area contributed by atoms with Crippen molar-refractivity contribution in [2.75, 3.05) is 7.11 Å². The number of methoxy groups -OCH3 is 1. The summed E-state index contributed by atoms with van der Waals surface area (Å²) in [4.78, 5) is 11.6. The number of hydrogen-bond acceptors (Lipinski definition) is 2. The summed E-state index contributed by atoms with van der Waals surface area (Å²) in [6.07, 6.45) is 2.31. The third-order valence-corrected chi connectivity index (χ3v) is 4.53. The van der Waals surface area contributed by atoms with Crippen LogP contribution in [0.2, 0.25) is 0 Å². The number of rotatable bonds is 4. The summed E-state index contributed by atoms with van der Waals surface area (Å²) in [5.41, 5.74) is 0.985. The van der Waals surface area contributed by atoms with E-state index in [-0.39, 0.29) is 11.4 Å². The van der Waals surface area contributed by atoms with Gasteiger partial charge in [-0.25, -0.2) is 0 Å². The van der Waals surface area contributed by atoms with Crippen LogP contribution in [0.25, 0.3) is 0 Å². The Morgan fingerprint density at radius 2 is 2.21 bits per heavy atom. The van der Waals surface area contributed by atoms with Gasteiger partial charge in [0.2, 0.25) is 5.91 Å². The number of carbonyl (C=O) groups is 1. The summed E-state index contributed by atoms with van der Waals surface area (Å²) in [5.74, 6) is 1.43. The molecule has 1 fully saturated rings. The third-order valence-electron chi connectivity index (χ3n) is 4.04. The number of benzene rings is 1. The smallest absolute Gasteiger partial charge is 0.220 e. The molecule has 0 bridgehead atoms. The molecule has 1 atom stereocenters. The Balaban J connectivity index is 2.32. The van der Waals surface area contributed by atoms with E-state index >= 15 is 0 Å². The van der Waals surface area contributed by atoms with E-state index in [1.54, 1.807) is 7.11 Å². The number of nitrogens with one attached hydrogen (secondary N) is 1. The summed E-state index contributed by atoms with van der Waals surface area (Å²) in [6.45, 7) is 4.33. The van der Waals surface area contributed by atoms with Gasteiger partial charge >= 0.3 is 0 Å². The van der Waals surface area contributed by atoms with Crippen LogP contribution in [0, 0.1) is 5.92 Å². The molecule has 1 heterocycles. The van der Waals surface area contributed by atoms with Gasteiger partial charge in [-0.15, -0.1) is 0 Å². The summed E-state index contributed by atoms with van der Waals surface area (Å²) in [7, 11) is 1.68. The molecule has 0 aromatic heterocycles. The molecule has 0 spiro atoms. The highest BCUT2D eigenvalue weighted by Crippen LogP contribution is 2.35. The normalized spacial score (nSPS) is 22.7. The average molecular weight is 326 g/mol. The van der Waals surface area contributed by atoms with E-state index in [1.165, 1.54) is 0 Å². The van der Waals surface area contributed by atoms with Crippen LogP contribution in [-0.4, -0.2) is 18.6 Å². The molecule has 0 radical (unpaired) electrons. The minimum Gasteiger partial charge on any atom is -0.496 e. The second kappa shape index (κ2) is 5.53. The molecule has 1 aromatic rings. The topological polar surface area (TPSA) is 38.3 Å². The van der Waals surface area contributed by atoms with Crippen LogP contribution in [0.5, 0.6) is 5.75 Å². The predicted molar refractivity (Wildman–Crippen MR) is 79.3 cm³/mol. The van der Waals surface area contributed by atoms with Gasteiger partial charge in [0, 0.05) is 16.4 Å². The number of carbonyl (C=O) groups excluding carboxylic acids is 1. The number of ether oxygens (including phenoxy) is 1. The summed E-state index contributed by atoms with van der Waals surface area (Å²) in [6, 6.07) is 6.01. The monoisotopic (exact) mass is 325 g/mol. The fourth-order valence-electron chi connectivity index (χ4n) is 2.73. The van der Waals surface area contributed by atoms with Crippen LogP contribution in [0.4, 0.5) is 0 Å². The molecular formula is C15H20BrNO2. The molecule has 1 aliphatic heterocycles. The Morgan fingerprint density at radius 3 is 2.74 bits per heavy atom. The molecule has 0 saturated carbocycles. The summed E-state index contributed by atoms with van der Waals surface area (Å²) < 4.78 is 6.46. The number of hydrogen-bond donors (Lipinski definition) is 1. The van der Waals surface area contributed by atoms with Crippen molar-refractivity contribution in [3.05, 3.63) is 28.2 Å². The van der Waals surface area contributed by atoms with Crippen LogP contribution in [-0.2, 0) is 11.2 Å². The maximum absolute atomic E-state index is 11.6. The van der Waals surface area contributed by atoms with Crippen molar-refractivity contribution >= 4 is 21.8 Å². The van der Waals surface area contributed by atoms with Crippen LogP contribution in [0.1, 0.15) is 32.3 Å². The fraction of sp³-hybridized carbons (Fsp3) is 0.533. The SMILES string of the molecule is COc1ccc(Br)cc1CC1(C(C)C)CCC(=O)N1. The average Bonchev–Trinajstić information content (AvgIpc) is 2.72. The zero-order valence-corrected chi connectivity index (χ0v) is 13.2. The van der Waals surface area contributed by atoms with Gasteiger partial charge < -0.3 is 10.1 Å². The van der Waals surface area contributed by atoms with E-state index in [0.29, 0.717) is 12.3 Å². The summed E-state index contributed by atoms with van der Waals surface area (Å²) >= 11 is 3.50. The Morgan fingerprint density at radius 1 is 1.47 bits per heavy atom. The van der Waals surface area contributed by atoms with Gasteiger partial charge in [0.25, 0.3) is 0 Å². The van der Waals surface area contributed by atoms with Gasteiger partial charge in [0.1, 0.15) is 5.75 Å². The molecular weight excluding hydrogens is 306 g/mol. The highest BCUT2D eigenvalue weighted by atomic mass is 79.9. The molecule has 1 unspecified atom stereocenters. The first-order valence-corrected chi connectivity index (χ1v) is 7.39. The first kappa shape index (κ1) is 14.4. The number of amides is 1. The van der Waals surface area contributed by atoms with Crippen LogP contribution in [0.3, 0.4) is 0 Å². The lowest BCUT2D eigenvalue weighted by Gasteiger charge is -2.34. The van der Waals surface area contributed by atoms with E-state index in [1.807, 2.05) is 12.1 Å². The van der Waals surface area contributed by atoms with Crippen molar-refractivity contribution in [2.45, 2.75) is 38.6 Å². The van der Waals surface area contributed by atoms with E-state index in [4.69, 9.17) is 4.74 Å². The maximum Gasteiger partial charge on any atom is 0.220 e. The molecule has 1 N–H and O–H groups in total. The first-order chi connectivity index (χ1) is 8.97. The van der Waals surface area contributed by atoms with Crippen LogP contribution in [0.15, 0.2) is 22.7 Å². The zero-order valence-electron chi connectivity index (χ0n) is 11.6.